The smallest absolute Gasteiger partial charge is 0.227 e. The van der Waals surface area contributed by atoms with Gasteiger partial charge in [-0.25, -0.2) is 0 Å². The number of aryl methyl sites for hydroxylation is 2. The zero-order chi connectivity index (χ0) is 17.8. The highest BCUT2D eigenvalue weighted by Crippen LogP contribution is 2.22. The molecule has 2 aromatic rings. The first kappa shape index (κ1) is 17.6. The molecular weight excluding hydrogens is 318 g/mol. The van der Waals surface area contributed by atoms with E-state index < -0.39 is 0 Å². The molecule has 1 aliphatic rings. The SMILES string of the molecule is Cc1cn[nH]c1C[C@@H]1CCCN(C(=O)CCc2nc(C(C)C)no2)C1. The zero-order valence-electron chi connectivity index (χ0n) is 15.3. The number of nitrogens with zero attached hydrogens (tertiary/aromatic N) is 4. The Hall–Kier alpha value is -2.18. The third kappa shape index (κ3) is 4.46. The van der Waals surface area contributed by atoms with E-state index in [4.69, 9.17) is 4.52 Å². The van der Waals surface area contributed by atoms with Gasteiger partial charge in [0, 0.05) is 37.5 Å². The normalized spacial score (nSPS) is 18.1. The zero-order valence-corrected chi connectivity index (χ0v) is 15.3. The summed E-state index contributed by atoms with van der Waals surface area (Å²) in [6.07, 6.45) is 5.97. The maximum atomic E-state index is 12.5. The van der Waals surface area contributed by atoms with Gasteiger partial charge in [-0.3, -0.25) is 9.89 Å². The van der Waals surface area contributed by atoms with Crippen LogP contribution in [0.4, 0.5) is 0 Å². The molecule has 1 atom stereocenters. The molecule has 0 unspecified atom stereocenters. The summed E-state index contributed by atoms with van der Waals surface area (Å²) in [7, 11) is 0. The van der Waals surface area contributed by atoms with Gasteiger partial charge < -0.3 is 9.42 Å². The van der Waals surface area contributed by atoms with Gasteiger partial charge in [0.2, 0.25) is 11.8 Å². The lowest BCUT2D eigenvalue weighted by Gasteiger charge is -2.32. The fourth-order valence-electron chi connectivity index (χ4n) is 3.30. The lowest BCUT2D eigenvalue weighted by atomic mass is 9.92. The molecule has 0 spiro atoms. The van der Waals surface area contributed by atoms with Gasteiger partial charge in [-0.05, 0) is 37.7 Å². The van der Waals surface area contributed by atoms with E-state index in [1.54, 1.807) is 0 Å². The van der Waals surface area contributed by atoms with E-state index in [0.29, 0.717) is 30.5 Å². The molecule has 7 nitrogen and oxygen atoms in total. The number of aromatic amines is 1. The number of H-pyrrole nitrogens is 1. The number of likely N-dealkylation sites (tertiary alicyclic amines) is 1. The van der Waals surface area contributed by atoms with E-state index in [0.717, 1.165) is 32.4 Å². The van der Waals surface area contributed by atoms with Crippen LogP contribution in [0.1, 0.15) is 62.0 Å². The molecule has 0 radical (unpaired) electrons. The van der Waals surface area contributed by atoms with Crippen molar-refractivity contribution in [1.29, 1.82) is 0 Å². The summed E-state index contributed by atoms with van der Waals surface area (Å²) < 4.78 is 5.23. The molecule has 1 aliphatic heterocycles. The molecule has 0 bridgehead atoms. The lowest BCUT2D eigenvalue weighted by molar-refractivity contribution is -0.133. The minimum atomic E-state index is 0.176. The van der Waals surface area contributed by atoms with Crippen LogP contribution < -0.4 is 0 Å². The van der Waals surface area contributed by atoms with Gasteiger partial charge in [0.05, 0.1) is 6.20 Å². The van der Waals surface area contributed by atoms with Gasteiger partial charge in [0.1, 0.15) is 0 Å². The predicted octanol–water partition coefficient (Wildman–Crippen LogP) is 2.64. The van der Waals surface area contributed by atoms with Crippen molar-refractivity contribution in [3.05, 3.63) is 29.2 Å². The Morgan fingerprint density at radius 2 is 2.32 bits per heavy atom. The largest absolute Gasteiger partial charge is 0.342 e. The number of amides is 1. The summed E-state index contributed by atoms with van der Waals surface area (Å²) in [6, 6.07) is 0. The average molecular weight is 345 g/mol. The second-order valence-electron chi connectivity index (χ2n) is 7.28. The number of aromatic nitrogens is 4. The lowest BCUT2D eigenvalue weighted by Crippen LogP contribution is -2.40. The fourth-order valence-corrected chi connectivity index (χ4v) is 3.30. The minimum Gasteiger partial charge on any atom is -0.342 e. The third-order valence-electron chi connectivity index (χ3n) is 4.85. The van der Waals surface area contributed by atoms with Crippen molar-refractivity contribution in [3.63, 3.8) is 0 Å². The van der Waals surface area contributed by atoms with E-state index in [1.165, 1.54) is 11.3 Å². The molecule has 25 heavy (non-hydrogen) atoms. The summed E-state index contributed by atoms with van der Waals surface area (Å²) in [5, 5.41) is 11.1. The van der Waals surface area contributed by atoms with Crippen molar-refractivity contribution in [2.24, 2.45) is 5.92 Å². The Kier molecular flexibility index (Phi) is 5.50. The summed E-state index contributed by atoms with van der Waals surface area (Å²) in [5.41, 5.74) is 2.38. The Balaban J connectivity index is 1.50. The fraction of sp³-hybridized carbons (Fsp3) is 0.667. The van der Waals surface area contributed by atoms with Crippen molar-refractivity contribution in [2.75, 3.05) is 13.1 Å². The molecule has 0 aliphatic carbocycles. The van der Waals surface area contributed by atoms with Crippen molar-refractivity contribution in [2.45, 2.75) is 58.8 Å². The second-order valence-corrected chi connectivity index (χ2v) is 7.28. The van der Waals surface area contributed by atoms with Crippen LogP contribution in [0.25, 0.3) is 0 Å². The molecule has 1 saturated heterocycles. The molecule has 136 valence electrons. The first-order chi connectivity index (χ1) is 12.0. The number of nitrogens with one attached hydrogen (secondary N) is 1. The van der Waals surface area contributed by atoms with Crippen LogP contribution in [0, 0.1) is 12.8 Å². The van der Waals surface area contributed by atoms with Crippen LogP contribution in [0.3, 0.4) is 0 Å². The van der Waals surface area contributed by atoms with Gasteiger partial charge in [0.15, 0.2) is 5.82 Å². The third-order valence-corrected chi connectivity index (χ3v) is 4.85. The molecule has 1 amide bonds. The maximum absolute atomic E-state index is 12.5. The number of piperidine rings is 1. The van der Waals surface area contributed by atoms with E-state index in [-0.39, 0.29) is 11.8 Å². The number of hydrogen-bond donors (Lipinski definition) is 1. The highest BCUT2D eigenvalue weighted by Gasteiger charge is 2.25. The van der Waals surface area contributed by atoms with Crippen LogP contribution in [-0.2, 0) is 17.6 Å². The standard InChI is InChI=1S/C18H27N5O2/c1-12(2)18-20-16(25-22-18)6-7-17(24)23-8-4-5-14(11-23)9-15-13(3)10-19-21-15/h10,12,14H,4-9,11H2,1-3H3,(H,19,21)/t14-/m0/s1. The van der Waals surface area contributed by atoms with E-state index in [1.807, 2.05) is 24.9 Å². The summed E-state index contributed by atoms with van der Waals surface area (Å²) in [4.78, 5) is 18.9. The van der Waals surface area contributed by atoms with Crippen molar-refractivity contribution in [1.82, 2.24) is 25.2 Å². The minimum absolute atomic E-state index is 0.176. The van der Waals surface area contributed by atoms with Gasteiger partial charge in [-0.15, -0.1) is 0 Å². The van der Waals surface area contributed by atoms with Crippen molar-refractivity contribution in [3.8, 4) is 0 Å². The molecule has 7 heteroatoms. The Bertz CT molecular complexity index is 706. The van der Waals surface area contributed by atoms with Crippen molar-refractivity contribution >= 4 is 5.91 Å². The highest BCUT2D eigenvalue weighted by atomic mass is 16.5. The molecule has 3 rings (SSSR count). The average Bonchev–Trinajstić information content (AvgIpc) is 3.23. The molecule has 1 N–H and O–H groups in total. The molecule has 2 aromatic heterocycles. The van der Waals surface area contributed by atoms with E-state index >= 15 is 0 Å². The molecule has 0 saturated carbocycles. The number of carbonyl (C=O) groups excluding carboxylic acids is 1. The van der Waals surface area contributed by atoms with E-state index in [9.17, 15) is 4.79 Å². The number of hydrogen-bond acceptors (Lipinski definition) is 5. The Labute approximate surface area is 148 Å². The molecule has 0 aromatic carbocycles. The second kappa shape index (κ2) is 7.80. The Morgan fingerprint density at radius 1 is 1.48 bits per heavy atom. The molecule has 3 heterocycles. The van der Waals surface area contributed by atoms with Crippen LogP contribution in [-0.4, -0.2) is 44.2 Å². The van der Waals surface area contributed by atoms with Gasteiger partial charge in [-0.1, -0.05) is 19.0 Å². The predicted molar refractivity (Wildman–Crippen MR) is 93.0 cm³/mol. The summed E-state index contributed by atoms with van der Waals surface area (Å²) in [5.74, 6) is 2.17. The maximum Gasteiger partial charge on any atom is 0.227 e. The Morgan fingerprint density at radius 3 is 3.00 bits per heavy atom. The number of rotatable bonds is 6. The van der Waals surface area contributed by atoms with Crippen LogP contribution in [0.2, 0.25) is 0 Å². The molecule has 1 fully saturated rings. The summed E-state index contributed by atoms with van der Waals surface area (Å²) >= 11 is 0. The van der Waals surface area contributed by atoms with Crippen LogP contribution in [0.5, 0.6) is 0 Å². The van der Waals surface area contributed by atoms with Crippen molar-refractivity contribution < 1.29 is 9.32 Å². The highest BCUT2D eigenvalue weighted by molar-refractivity contribution is 5.76. The van der Waals surface area contributed by atoms with Crippen LogP contribution in [0.15, 0.2) is 10.7 Å². The van der Waals surface area contributed by atoms with Gasteiger partial charge in [-0.2, -0.15) is 10.1 Å². The quantitative estimate of drug-likeness (QED) is 0.869. The first-order valence-corrected chi connectivity index (χ1v) is 9.12. The monoisotopic (exact) mass is 345 g/mol. The number of carbonyl (C=O) groups is 1. The van der Waals surface area contributed by atoms with Crippen LogP contribution >= 0.6 is 0 Å². The first-order valence-electron chi connectivity index (χ1n) is 9.12. The van der Waals surface area contributed by atoms with Gasteiger partial charge in [0.25, 0.3) is 0 Å². The summed E-state index contributed by atoms with van der Waals surface area (Å²) in [6.45, 7) is 7.78. The molecular formula is C18H27N5O2. The van der Waals surface area contributed by atoms with Gasteiger partial charge >= 0.3 is 0 Å². The van der Waals surface area contributed by atoms with E-state index in [2.05, 4.69) is 27.3 Å². The topological polar surface area (TPSA) is 87.9 Å².